The second-order valence-electron chi connectivity index (χ2n) is 8.10. The number of rotatable bonds is 6. The second-order valence-corrected chi connectivity index (χ2v) is 8.10. The number of methoxy groups -OCH3 is 1. The lowest BCUT2D eigenvalue weighted by Crippen LogP contribution is -2.20. The molecule has 0 saturated carbocycles. The molecule has 0 fully saturated rings. The summed E-state index contributed by atoms with van der Waals surface area (Å²) in [6.45, 7) is 3.88. The molecule has 36 heavy (non-hydrogen) atoms. The largest absolute Gasteiger partial charge is 0.493 e. The van der Waals surface area contributed by atoms with Crippen molar-refractivity contribution >= 4 is 34.1 Å². The van der Waals surface area contributed by atoms with E-state index in [1.807, 2.05) is 32.0 Å². The number of hydrogen-bond donors (Lipinski definition) is 2. The van der Waals surface area contributed by atoms with Crippen LogP contribution in [0.5, 0.6) is 5.75 Å². The Morgan fingerprint density at radius 2 is 1.75 bits per heavy atom. The van der Waals surface area contributed by atoms with Crippen LogP contribution in [0.1, 0.15) is 21.7 Å². The van der Waals surface area contributed by atoms with E-state index in [-0.39, 0.29) is 5.56 Å². The van der Waals surface area contributed by atoms with Gasteiger partial charge in [0.15, 0.2) is 23.0 Å². The van der Waals surface area contributed by atoms with Gasteiger partial charge in [-0.15, -0.1) is 10.2 Å². The predicted octanol–water partition coefficient (Wildman–Crippen LogP) is 4.39. The van der Waals surface area contributed by atoms with Gasteiger partial charge in [0.2, 0.25) is 0 Å². The number of benzene rings is 2. The second kappa shape index (κ2) is 9.34. The minimum atomic E-state index is -0.745. The van der Waals surface area contributed by atoms with Crippen molar-refractivity contribution in [3.05, 3.63) is 94.1 Å². The molecule has 5 aromatic rings. The number of hydrogen-bond acceptors (Lipinski definition) is 8. The number of ether oxygens (including phenoxy) is 1. The number of carbonyl (C=O) groups excluding carboxylic acids is 1. The monoisotopic (exact) mass is 482 g/mol. The normalized spacial score (nSPS) is 10.9. The van der Waals surface area contributed by atoms with Gasteiger partial charge in [-0.1, -0.05) is 12.1 Å². The number of aryl methyl sites for hydroxylation is 2. The van der Waals surface area contributed by atoms with Crippen LogP contribution in [-0.4, -0.2) is 33.0 Å². The van der Waals surface area contributed by atoms with Gasteiger partial charge in [-0.3, -0.25) is 4.79 Å². The van der Waals surface area contributed by atoms with Gasteiger partial charge < -0.3 is 19.8 Å². The Morgan fingerprint density at radius 3 is 2.42 bits per heavy atom. The first-order chi connectivity index (χ1) is 17.4. The van der Waals surface area contributed by atoms with Crippen molar-refractivity contribution in [1.82, 2.24) is 20.0 Å². The van der Waals surface area contributed by atoms with Crippen LogP contribution in [-0.2, 0) is 0 Å². The number of aromatic nitrogens is 4. The summed E-state index contributed by atoms with van der Waals surface area (Å²) < 4.78 is 12.3. The topological polar surface area (TPSA) is 124 Å². The average Bonchev–Trinajstić information content (AvgIpc) is 3.22. The third kappa shape index (κ3) is 4.51. The van der Waals surface area contributed by atoms with Gasteiger partial charge in [-0.05, 0) is 68.4 Å². The maximum atomic E-state index is 12.7. The molecule has 180 valence electrons. The van der Waals surface area contributed by atoms with E-state index >= 15 is 0 Å². The van der Waals surface area contributed by atoms with E-state index in [4.69, 9.17) is 9.15 Å². The van der Waals surface area contributed by atoms with E-state index in [1.165, 1.54) is 13.2 Å². The molecular weight excluding hydrogens is 460 g/mol. The molecule has 0 bridgehead atoms. The highest BCUT2D eigenvalue weighted by Crippen LogP contribution is 2.25. The third-order valence-corrected chi connectivity index (χ3v) is 5.48. The predicted molar refractivity (Wildman–Crippen MR) is 135 cm³/mol. The fourth-order valence-electron chi connectivity index (χ4n) is 3.79. The zero-order valence-electron chi connectivity index (χ0n) is 19.8. The smallest absolute Gasteiger partial charge is 0.349 e. The fourth-order valence-corrected chi connectivity index (χ4v) is 3.79. The van der Waals surface area contributed by atoms with E-state index in [9.17, 15) is 9.59 Å². The maximum Gasteiger partial charge on any atom is 0.349 e. The summed E-state index contributed by atoms with van der Waals surface area (Å²) in [5.41, 5.74) is 2.59. The molecule has 0 aliphatic rings. The van der Waals surface area contributed by atoms with Gasteiger partial charge in [0, 0.05) is 22.5 Å². The molecule has 3 aromatic heterocycles. The minimum Gasteiger partial charge on any atom is -0.493 e. The summed E-state index contributed by atoms with van der Waals surface area (Å²) in [5, 5.41) is 19.3. The highest BCUT2D eigenvalue weighted by atomic mass is 16.5. The van der Waals surface area contributed by atoms with Gasteiger partial charge in [-0.2, -0.15) is 5.10 Å². The summed E-state index contributed by atoms with van der Waals surface area (Å²) in [6.07, 6.45) is 0. The molecule has 10 nitrogen and oxygen atoms in total. The minimum absolute atomic E-state index is 0.101. The van der Waals surface area contributed by atoms with Crippen LogP contribution in [0.4, 0.5) is 17.2 Å². The first-order valence-corrected chi connectivity index (χ1v) is 11.1. The Bertz CT molecular complexity index is 1620. The maximum absolute atomic E-state index is 12.7. The molecule has 0 aliphatic carbocycles. The van der Waals surface area contributed by atoms with E-state index in [0.717, 1.165) is 17.1 Å². The Balaban J connectivity index is 1.28. The van der Waals surface area contributed by atoms with Crippen molar-refractivity contribution in [3.8, 4) is 11.6 Å². The summed E-state index contributed by atoms with van der Waals surface area (Å²) in [7, 11) is 1.48. The SMILES string of the molecule is COc1cccc2cc(C(=O)Nc3ccc(Nc4ccc(-n5nc(C)cc5C)nn4)cc3)c(=O)oc12. The number of para-hydroxylation sites is 1. The van der Waals surface area contributed by atoms with Crippen molar-refractivity contribution in [2.75, 3.05) is 17.7 Å². The Labute approximate surface area is 205 Å². The van der Waals surface area contributed by atoms with Crippen LogP contribution in [0.3, 0.4) is 0 Å². The molecule has 0 spiro atoms. The van der Waals surface area contributed by atoms with Crippen LogP contribution in [0, 0.1) is 13.8 Å². The summed E-state index contributed by atoms with van der Waals surface area (Å²) >= 11 is 0. The standard InChI is InChI=1S/C26H22N6O4/c1-15-13-16(2)32(31-15)23-12-11-22(29-30-23)27-18-7-9-19(10-8-18)28-25(33)20-14-17-5-4-6-21(35-3)24(17)36-26(20)34/h4-14H,1-3H3,(H,27,29)(H,28,33). The molecule has 0 saturated heterocycles. The Hall–Kier alpha value is -4.99. The highest BCUT2D eigenvalue weighted by Gasteiger charge is 2.16. The molecule has 0 atom stereocenters. The zero-order chi connectivity index (χ0) is 25.2. The number of nitrogens with zero attached hydrogens (tertiary/aromatic N) is 4. The molecule has 0 aliphatic heterocycles. The summed E-state index contributed by atoms with van der Waals surface area (Å²) in [5.74, 6) is 1.03. The van der Waals surface area contributed by atoms with Crippen LogP contribution in [0.25, 0.3) is 16.8 Å². The number of anilines is 3. The molecule has 0 radical (unpaired) electrons. The molecule has 5 rings (SSSR count). The first-order valence-electron chi connectivity index (χ1n) is 11.1. The molecule has 1 amide bonds. The zero-order valence-corrected chi connectivity index (χ0v) is 19.8. The molecule has 3 heterocycles. The van der Waals surface area contributed by atoms with Gasteiger partial charge >= 0.3 is 5.63 Å². The van der Waals surface area contributed by atoms with Gasteiger partial charge in [-0.25, -0.2) is 9.48 Å². The van der Waals surface area contributed by atoms with Crippen LogP contribution < -0.4 is 21.0 Å². The fraction of sp³-hybridized carbons (Fsp3) is 0.115. The van der Waals surface area contributed by atoms with Gasteiger partial charge in [0.25, 0.3) is 5.91 Å². The Kier molecular flexibility index (Phi) is 5.91. The van der Waals surface area contributed by atoms with Gasteiger partial charge in [0.1, 0.15) is 5.56 Å². The van der Waals surface area contributed by atoms with E-state index in [0.29, 0.717) is 34.0 Å². The summed E-state index contributed by atoms with van der Waals surface area (Å²) in [6, 6.07) is 19.3. The van der Waals surface area contributed by atoms with Crippen LogP contribution in [0.2, 0.25) is 0 Å². The van der Waals surface area contributed by atoms with Crippen LogP contribution in [0.15, 0.2) is 75.9 Å². The number of amides is 1. The lowest BCUT2D eigenvalue weighted by molar-refractivity contribution is 0.102. The first kappa shape index (κ1) is 22.8. The number of nitrogens with one attached hydrogen (secondary N) is 2. The molecule has 2 aromatic carbocycles. The highest BCUT2D eigenvalue weighted by molar-refractivity contribution is 6.05. The summed E-state index contributed by atoms with van der Waals surface area (Å²) in [4.78, 5) is 25.2. The van der Waals surface area contributed by atoms with Crippen LogP contribution >= 0.6 is 0 Å². The molecule has 10 heteroatoms. The van der Waals surface area contributed by atoms with Crippen molar-refractivity contribution in [2.45, 2.75) is 13.8 Å². The quantitative estimate of drug-likeness (QED) is 0.342. The molecular formula is C26H22N6O4. The number of fused-ring (bicyclic) bond motifs is 1. The Morgan fingerprint density at radius 1 is 0.972 bits per heavy atom. The third-order valence-electron chi connectivity index (χ3n) is 5.48. The van der Waals surface area contributed by atoms with Crippen molar-refractivity contribution in [1.29, 1.82) is 0 Å². The van der Waals surface area contributed by atoms with Crippen molar-refractivity contribution in [2.24, 2.45) is 0 Å². The van der Waals surface area contributed by atoms with Crippen molar-refractivity contribution < 1.29 is 13.9 Å². The van der Waals surface area contributed by atoms with E-state index < -0.39 is 11.5 Å². The molecule has 0 unspecified atom stereocenters. The van der Waals surface area contributed by atoms with E-state index in [2.05, 4.69) is 25.9 Å². The lowest BCUT2D eigenvalue weighted by atomic mass is 10.1. The molecule has 2 N–H and O–H groups in total. The van der Waals surface area contributed by atoms with Crippen molar-refractivity contribution in [3.63, 3.8) is 0 Å². The number of carbonyl (C=O) groups is 1. The average molecular weight is 483 g/mol. The lowest BCUT2D eigenvalue weighted by Gasteiger charge is -2.09. The van der Waals surface area contributed by atoms with Gasteiger partial charge in [0.05, 0.1) is 12.8 Å². The van der Waals surface area contributed by atoms with E-state index in [1.54, 1.807) is 47.1 Å².